The summed E-state index contributed by atoms with van der Waals surface area (Å²) >= 11 is 0. The lowest BCUT2D eigenvalue weighted by Gasteiger charge is -2.24. The van der Waals surface area contributed by atoms with Crippen molar-refractivity contribution in [2.45, 2.75) is 13.8 Å². The van der Waals surface area contributed by atoms with E-state index in [1.807, 2.05) is 24.3 Å². The van der Waals surface area contributed by atoms with Crippen molar-refractivity contribution in [2.24, 2.45) is 0 Å². The molecule has 35 heavy (non-hydrogen) atoms. The Bertz CT molecular complexity index is 1590. The zero-order valence-corrected chi connectivity index (χ0v) is 19.5. The summed E-state index contributed by atoms with van der Waals surface area (Å²) in [6, 6.07) is 25.1. The van der Waals surface area contributed by atoms with Crippen LogP contribution >= 0.6 is 0 Å². The fourth-order valence-corrected chi connectivity index (χ4v) is 4.21. The summed E-state index contributed by atoms with van der Waals surface area (Å²) < 4.78 is 7.19. The predicted molar refractivity (Wildman–Crippen MR) is 137 cm³/mol. The van der Waals surface area contributed by atoms with Crippen molar-refractivity contribution in [1.82, 2.24) is 15.0 Å². The smallest absolute Gasteiger partial charge is 0.362 e. The molecule has 172 valence electrons. The van der Waals surface area contributed by atoms with E-state index in [2.05, 4.69) is 53.3 Å². The van der Waals surface area contributed by atoms with E-state index in [1.165, 1.54) is 4.68 Å². The molecule has 0 saturated carbocycles. The van der Waals surface area contributed by atoms with Crippen LogP contribution in [0.5, 0.6) is 0 Å². The maximum Gasteiger partial charge on any atom is 0.362 e. The highest BCUT2D eigenvalue weighted by Gasteiger charge is 2.16. The topological polar surface area (TPSA) is 88.0 Å². The Hall–Kier alpha value is -4.70. The van der Waals surface area contributed by atoms with Crippen molar-refractivity contribution in [3.05, 3.63) is 95.0 Å². The Morgan fingerprint density at radius 2 is 1.71 bits per heavy atom. The highest BCUT2D eigenvalue weighted by molar-refractivity contribution is 5.92. The summed E-state index contributed by atoms with van der Waals surface area (Å²) in [5, 5.41) is 18.2. The van der Waals surface area contributed by atoms with Crippen LogP contribution in [0.2, 0.25) is 0 Å². The van der Waals surface area contributed by atoms with Gasteiger partial charge in [-0.2, -0.15) is 5.26 Å². The van der Waals surface area contributed by atoms with Gasteiger partial charge < -0.3 is 9.32 Å². The van der Waals surface area contributed by atoms with Crippen LogP contribution < -0.4 is 10.5 Å². The number of hydrogen-bond donors (Lipinski definition) is 0. The van der Waals surface area contributed by atoms with Gasteiger partial charge in [0.25, 0.3) is 0 Å². The van der Waals surface area contributed by atoms with Gasteiger partial charge >= 0.3 is 5.63 Å². The summed E-state index contributed by atoms with van der Waals surface area (Å²) in [5.41, 5.74) is 5.44. The molecule has 2 heterocycles. The van der Waals surface area contributed by atoms with Crippen LogP contribution in [0.25, 0.3) is 39.0 Å². The lowest BCUT2D eigenvalue weighted by Crippen LogP contribution is -2.22. The lowest BCUT2D eigenvalue weighted by atomic mass is 10.0. The number of rotatable bonds is 6. The first-order valence-corrected chi connectivity index (χ1v) is 11.5. The molecule has 0 unspecified atom stereocenters. The molecule has 7 heteroatoms. The number of benzene rings is 3. The molecule has 0 bridgehead atoms. The quantitative estimate of drug-likeness (QED) is 0.314. The maximum absolute atomic E-state index is 12.9. The van der Waals surface area contributed by atoms with E-state index in [0.717, 1.165) is 40.9 Å². The molecule has 0 N–H and O–H groups in total. The molecule has 2 aromatic heterocycles. The average Bonchev–Trinajstić information content (AvgIpc) is 3.39. The Balaban J connectivity index is 1.63. The SMILES string of the molecule is CCN(CC)c1cc2oc(=O)c(-n3cc(-c4ccc(C#N)cc4)nn3)cc2cc1-c1ccccc1. The van der Waals surface area contributed by atoms with E-state index < -0.39 is 5.63 Å². The van der Waals surface area contributed by atoms with Gasteiger partial charge in [0, 0.05) is 41.4 Å². The Morgan fingerprint density at radius 3 is 2.40 bits per heavy atom. The average molecular weight is 462 g/mol. The Morgan fingerprint density at radius 1 is 0.971 bits per heavy atom. The number of nitriles is 1. The normalized spacial score (nSPS) is 10.9. The molecule has 0 radical (unpaired) electrons. The van der Waals surface area contributed by atoms with E-state index in [0.29, 0.717) is 16.8 Å². The van der Waals surface area contributed by atoms with E-state index in [-0.39, 0.29) is 5.69 Å². The molecular weight excluding hydrogens is 438 g/mol. The van der Waals surface area contributed by atoms with Gasteiger partial charge in [-0.3, -0.25) is 0 Å². The van der Waals surface area contributed by atoms with Crippen molar-refractivity contribution in [2.75, 3.05) is 18.0 Å². The largest absolute Gasteiger partial charge is 0.421 e. The van der Waals surface area contributed by atoms with Crippen LogP contribution in [0, 0.1) is 11.3 Å². The minimum absolute atomic E-state index is 0.277. The second-order valence-corrected chi connectivity index (χ2v) is 8.10. The predicted octanol–water partition coefficient (Wildman–Crippen LogP) is 5.43. The van der Waals surface area contributed by atoms with Gasteiger partial charge in [0.1, 0.15) is 11.3 Å². The second-order valence-electron chi connectivity index (χ2n) is 8.10. The van der Waals surface area contributed by atoms with Gasteiger partial charge in [-0.25, -0.2) is 9.48 Å². The molecule has 0 amide bonds. The highest BCUT2D eigenvalue weighted by Crippen LogP contribution is 2.35. The van der Waals surface area contributed by atoms with Crippen molar-refractivity contribution >= 4 is 16.7 Å². The number of anilines is 1. The summed E-state index contributed by atoms with van der Waals surface area (Å²) in [6.07, 6.45) is 1.68. The first-order chi connectivity index (χ1) is 17.1. The minimum atomic E-state index is -0.494. The molecule has 5 aromatic rings. The fraction of sp³-hybridized carbons (Fsp3) is 0.143. The minimum Gasteiger partial charge on any atom is -0.421 e. The van der Waals surface area contributed by atoms with Crippen LogP contribution in [0.1, 0.15) is 19.4 Å². The highest BCUT2D eigenvalue weighted by atomic mass is 16.4. The lowest BCUT2D eigenvalue weighted by molar-refractivity contribution is 0.550. The summed E-state index contributed by atoms with van der Waals surface area (Å²) in [7, 11) is 0. The van der Waals surface area contributed by atoms with Crippen molar-refractivity contribution in [3.8, 4) is 34.1 Å². The molecule has 0 fully saturated rings. The van der Waals surface area contributed by atoms with E-state index in [4.69, 9.17) is 9.68 Å². The summed E-state index contributed by atoms with van der Waals surface area (Å²) in [6.45, 7) is 5.89. The third-order valence-electron chi connectivity index (χ3n) is 6.07. The van der Waals surface area contributed by atoms with Gasteiger partial charge in [-0.05, 0) is 43.7 Å². The van der Waals surface area contributed by atoms with Crippen molar-refractivity contribution < 1.29 is 4.42 Å². The molecule has 0 spiro atoms. The molecule has 3 aromatic carbocycles. The standard InChI is InChI=1S/C28H23N5O2/c1-3-32(4-2)25-16-27-22(14-23(25)20-8-6-5-7-9-20)15-26(28(34)35-27)33-18-24(30-31-33)21-12-10-19(17-29)11-13-21/h5-16,18H,3-4H2,1-2H3. The Kier molecular flexibility index (Phi) is 5.86. The van der Waals surface area contributed by atoms with Crippen LogP contribution in [-0.2, 0) is 0 Å². The monoisotopic (exact) mass is 461 g/mol. The van der Waals surface area contributed by atoms with E-state index in [9.17, 15) is 4.79 Å². The molecule has 0 aliphatic carbocycles. The van der Waals surface area contributed by atoms with Crippen molar-refractivity contribution in [3.63, 3.8) is 0 Å². The molecule has 0 atom stereocenters. The fourth-order valence-electron chi connectivity index (χ4n) is 4.21. The second kappa shape index (κ2) is 9.27. The van der Waals surface area contributed by atoms with Crippen LogP contribution in [0.15, 0.2) is 88.2 Å². The number of nitrogens with zero attached hydrogens (tertiary/aromatic N) is 5. The molecule has 7 nitrogen and oxygen atoms in total. The van der Waals surface area contributed by atoms with Crippen LogP contribution in [0.3, 0.4) is 0 Å². The van der Waals surface area contributed by atoms with Gasteiger partial charge in [0.05, 0.1) is 17.8 Å². The molecule has 0 aliphatic rings. The number of aromatic nitrogens is 3. The molecule has 0 saturated heterocycles. The first-order valence-electron chi connectivity index (χ1n) is 11.5. The number of fused-ring (bicyclic) bond motifs is 1. The summed E-state index contributed by atoms with van der Waals surface area (Å²) in [5.74, 6) is 0. The third kappa shape index (κ3) is 4.18. The van der Waals surface area contributed by atoms with Crippen LogP contribution in [0.4, 0.5) is 5.69 Å². The van der Waals surface area contributed by atoms with Gasteiger partial charge in [-0.1, -0.05) is 47.7 Å². The van der Waals surface area contributed by atoms with Gasteiger partial charge in [-0.15, -0.1) is 5.10 Å². The third-order valence-corrected chi connectivity index (χ3v) is 6.07. The zero-order valence-electron chi connectivity index (χ0n) is 19.5. The molecular formula is C28H23N5O2. The zero-order chi connectivity index (χ0) is 24.4. The van der Waals surface area contributed by atoms with E-state index in [1.54, 1.807) is 36.5 Å². The van der Waals surface area contributed by atoms with Crippen LogP contribution in [-0.4, -0.2) is 28.1 Å². The van der Waals surface area contributed by atoms with Crippen molar-refractivity contribution in [1.29, 1.82) is 5.26 Å². The summed E-state index contributed by atoms with van der Waals surface area (Å²) in [4.78, 5) is 15.2. The van der Waals surface area contributed by atoms with Gasteiger partial charge in [0.2, 0.25) is 0 Å². The molecule has 0 aliphatic heterocycles. The number of hydrogen-bond acceptors (Lipinski definition) is 6. The molecule has 5 rings (SSSR count). The van der Waals surface area contributed by atoms with E-state index >= 15 is 0 Å². The first kappa shape index (κ1) is 22.1. The Labute approximate surface area is 202 Å². The maximum atomic E-state index is 12.9. The van der Waals surface area contributed by atoms with Gasteiger partial charge in [0.15, 0.2) is 5.69 Å².